The average molecular weight is 504 g/mol. The van der Waals surface area contributed by atoms with Gasteiger partial charge in [-0.25, -0.2) is 12.2 Å². The Morgan fingerprint density at radius 1 is 0.923 bits per heavy atom. The topological polar surface area (TPSA) is 0 Å². The van der Waals surface area contributed by atoms with Crippen molar-refractivity contribution in [2.45, 2.75) is 20.3 Å². The summed E-state index contributed by atoms with van der Waals surface area (Å²) in [6.07, 6.45) is 12.0. The van der Waals surface area contributed by atoms with Crippen molar-refractivity contribution < 1.29 is 51.0 Å². The first-order valence-corrected chi connectivity index (χ1v) is 8.31. The van der Waals surface area contributed by atoms with E-state index in [0.717, 1.165) is 16.5 Å². The van der Waals surface area contributed by atoms with E-state index in [0.29, 0.717) is 0 Å². The third-order valence-corrected chi connectivity index (χ3v) is 3.68. The number of benzene rings is 2. The summed E-state index contributed by atoms with van der Waals surface area (Å²) in [6.45, 7) is 4.00. The summed E-state index contributed by atoms with van der Waals surface area (Å²) >= 11 is 11.9. The summed E-state index contributed by atoms with van der Waals surface area (Å²) in [5, 5.41) is 6.32. The van der Waals surface area contributed by atoms with E-state index >= 15 is 0 Å². The van der Waals surface area contributed by atoms with Crippen LogP contribution < -0.4 is 24.8 Å². The Bertz CT molecular complexity index is 768. The van der Waals surface area contributed by atoms with Crippen LogP contribution in [0.15, 0.2) is 60.7 Å². The third kappa shape index (κ3) is 8.24. The van der Waals surface area contributed by atoms with Gasteiger partial charge in [0.1, 0.15) is 0 Å². The van der Waals surface area contributed by atoms with Gasteiger partial charge in [0.25, 0.3) is 0 Å². The zero-order valence-electron chi connectivity index (χ0n) is 14.6. The molecular formula is C21H19Cl4Zr-3. The van der Waals surface area contributed by atoms with Gasteiger partial charge in [-0.2, -0.15) is 19.9 Å². The minimum atomic E-state index is 0. The molecule has 0 unspecified atom stereocenters. The van der Waals surface area contributed by atoms with E-state index in [4.69, 9.17) is 23.2 Å². The monoisotopic (exact) mass is 501 g/mol. The van der Waals surface area contributed by atoms with Gasteiger partial charge in [0.05, 0.1) is 0 Å². The van der Waals surface area contributed by atoms with E-state index in [1.165, 1.54) is 21.5 Å². The quantitative estimate of drug-likeness (QED) is 0.408. The van der Waals surface area contributed by atoms with Gasteiger partial charge in [-0.05, 0) is 0 Å². The van der Waals surface area contributed by atoms with E-state index in [1.54, 1.807) is 0 Å². The maximum atomic E-state index is 5.95. The van der Waals surface area contributed by atoms with Crippen LogP contribution >= 0.6 is 23.2 Å². The fourth-order valence-corrected chi connectivity index (χ4v) is 2.67. The van der Waals surface area contributed by atoms with Crippen LogP contribution in [0, 0.1) is 12.5 Å². The van der Waals surface area contributed by atoms with E-state index in [2.05, 4.69) is 18.2 Å². The molecule has 0 fully saturated rings. The molecule has 0 spiro atoms. The fraction of sp³-hybridized carbons (Fsp3) is 0.143. The third-order valence-electron chi connectivity index (χ3n) is 3.21. The molecule has 0 bridgehead atoms. The SMILES string of the molecule is C[CH-]C.Clc1ccc2c(c1)[cH-]c1cc(Cl)ccc12.[C-]1=CC=CC1.[Cl-].[Cl-].[Zr+2]. The number of rotatable bonds is 0. The molecule has 26 heavy (non-hydrogen) atoms. The van der Waals surface area contributed by atoms with E-state index in [-0.39, 0.29) is 51.0 Å². The van der Waals surface area contributed by atoms with Gasteiger partial charge in [0, 0.05) is 10.0 Å². The maximum absolute atomic E-state index is 5.95. The first-order chi connectivity index (χ1) is 11.2. The smallest absolute Gasteiger partial charge is 1.00 e. The zero-order chi connectivity index (χ0) is 16.7. The normalized spacial score (nSPS) is 10.6. The predicted molar refractivity (Wildman–Crippen MR) is 104 cm³/mol. The Morgan fingerprint density at radius 3 is 1.69 bits per heavy atom. The number of hydrogen-bond acceptors (Lipinski definition) is 0. The Kier molecular flexibility index (Phi) is 16.0. The molecule has 0 N–H and O–H groups in total. The van der Waals surface area contributed by atoms with Gasteiger partial charge in [0.15, 0.2) is 0 Å². The molecule has 0 aliphatic heterocycles. The maximum Gasteiger partial charge on any atom is 2.00 e. The van der Waals surface area contributed by atoms with Crippen LogP contribution in [0.1, 0.15) is 20.3 Å². The van der Waals surface area contributed by atoms with Gasteiger partial charge in [0.2, 0.25) is 0 Å². The molecule has 3 aromatic carbocycles. The molecule has 1 aliphatic carbocycles. The first-order valence-electron chi connectivity index (χ1n) is 7.55. The molecule has 0 radical (unpaired) electrons. The second kappa shape index (κ2) is 14.8. The molecule has 0 nitrogen and oxygen atoms in total. The van der Waals surface area contributed by atoms with Gasteiger partial charge in [-0.15, -0.1) is 46.2 Å². The van der Waals surface area contributed by atoms with Crippen LogP contribution in [0.5, 0.6) is 0 Å². The summed E-state index contributed by atoms with van der Waals surface area (Å²) in [5.41, 5.74) is 0. The Labute approximate surface area is 197 Å². The molecule has 0 amide bonds. The Morgan fingerprint density at radius 2 is 1.38 bits per heavy atom. The van der Waals surface area contributed by atoms with Crippen molar-refractivity contribution in [3.63, 3.8) is 0 Å². The fourth-order valence-electron chi connectivity index (χ4n) is 2.30. The standard InChI is InChI=1S/C13H7Cl2.C5H5.C3H7.2ClH.Zr/c14-10-1-3-12-8(6-10)5-9-7-11(15)2-4-13(9)12;1-2-4-5-3-1;1-3-2;;;/h1-7H;1-3H,4H2;3H,1-2H3;2*1H;/q3*-1;;;+2/p-2. The van der Waals surface area contributed by atoms with Crippen molar-refractivity contribution in [1.82, 2.24) is 0 Å². The molecule has 138 valence electrons. The van der Waals surface area contributed by atoms with Crippen molar-refractivity contribution >= 4 is 44.7 Å². The molecule has 1 aliphatic rings. The molecule has 0 saturated carbocycles. The Balaban J connectivity index is 0. The average Bonchev–Trinajstić information content (AvgIpc) is 3.17. The van der Waals surface area contributed by atoms with E-state index in [9.17, 15) is 0 Å². The van der Waals surface area contributed by atoms with Gasteiger partial charge in [-0.1, -0.05) is 47.5 Å². The van der Waals surface area contributed by atoms with Crippen LogP contribution in [0.3, 0.4) is 0 Å². The van der Waals surface area contributed by atoms with Crippen LogP contribution in [0.25, 0.3) is 21.5 Å². The number of halogens is 4. The number of allylic oxidation sites excluding steroid dienone is 4. The van der Waals surface area contributed by atoms with Crippen molar-refractivity contribution in [3.05, 3.63) is 83.2 Å². The van der Waals surface area contributed by atoms with Crippen molar-refractivity contribution in [2.75, 3.05) is 0 Å². The summed E-state index contributed by atoms with van der Waals surface area (Å²) < 4.78 is 0. The van der Waals surface area contributed by atoms with Gasteiger partial charge in [-0.3, -0.25) is 6.08 Å². The summed E-state index contributed by atoms with van der Waals surface area (Å²) in [7, 11) is 0. The van der Waals surface area contributed by atoms with Crippen LogP contribution in [0.4, 0.5) is 0 Å². The summed E-state index contributed by atoms with van der Waals surface area (Å²) in [4.78, 5) is 0. The molecule has 3 aromatic rings. The van der Waals surface area contributed by atoms with Crippen LogP contribution in [-0.2, 0) is 26.2 Å². The Hall–Kier alpha value is -0.167. The second-order valence-electron chi connectivity index (χ2n) is 5.19. The molecule has 4 rings (SSSR count). The zero-order valence-corrected chi connectivity index (χ0v) is 20.1. The molecule has 0 heterocycles. The summed E-state index contributed by atoms with van der Waals surface area (Å²) in [5.74, 6) is 0. The van der Waals surface area contributed by atoms with Crippen molar-refractivity contribution in [3.8, 4) is 0 Å². The van der Waals surface area contributed by atoms with Crippen molar-refractivity contribution in [2.24, 2.45) is 0 Å². The molecular weight excluding hydrogens is 485 g/mol. The molecule has 5 heteroatoms. The summed E-state index contributed by atoms with van der Waals surface area (Å²) in [6, 6.07) is 14.0. The van der Waals surface area contributed by atoms with Crippen molar-refractivity contribution in [1.29, 1.82) is 0 Å². The largest absolute Gasteiger partial charge is 2.00 e. The molecule has 0 saturated heterocycles. The van der Waals surface area contributed by atoms with Crippen LogP contribution in [-0.4, -0.2) is 0 Å². The molecule has 0 aromatic heterocycles. The minimum absolute atomic E-state index is 0. The first kappa shape index (κ1) is 28.0. The predicted octanol–water partition coefficient (Wildman–Crippen LogP) is 1.56. The number of hydrogen-bond donors (Lipinski definition) is 0. The van der Waals surface area contributed by atoms with Gasteiger partial charge < -0.3 is 31.2 Å². The van der Waals surface area contributed by atoms with Gasteiger partial charge >= 0.3 is 26.2 Å². The van der Waals surface area contributed by atoms with E-state index < -0.39 is 0 Å². The number of fused-ring (bicyclic) bond motifs is 3. The van der Waals surface area contributed by atoms with Crippen LogP contribution in [0.2, 0.25) is 10.0 Å². The minimum Gasteiger partial charge on any atom is -1.00 e. The molecule has 0 atom stereocenters. The van der Waals surface area contributed by atoms with E-state index in [1.807, 2.05) is 68.8 Å². The second-order valence-corrected chi connectivity index (χ2v) is 6.06.